The maximum atomic E-state index is 12.7. The lowest BCUT2D eigenvalue weighted by molar-refractivity contribution is -0.139. The second-order valence-corrected chi connectivity index (χ2v) is 8.58. The Balaban J connectivity index is 1.35. The summed E-state index contributed by atoms with van der Waals surface area (Å²) < 4.78 is 5.09. The van der Waals surface area contributed by atoms with E-state index in [4.69, 9.17) is 9.84 Å². The van der Waals surface area contributed by atoms with Crippen molar-refractivity contribution in [3.05, 3.63) is 78.4 Å². The number of fused-ring (bicyclic) bond motifs is 1. The van der Waals surface area contributed by atoms with Crippen molar-refractivity contribution in [2.75, 3.05) is 0 Å². The number of carboxylic acids is 1. The largest absolute Gasteiger partial charge is 0.481 e. The molecule has 1 atom stereocenters. The van der Waals surface area contributed by atoms with Gasteiger partial charge in [-0.15, -0.1) is 10.2 Å². The molecule has 1 heterocycles. The van der Waals surface area contributed by atoms with Gasteiger partial charge in [-0.05, 0) is 45.4 Å². The number of ether oxygens (including phenoxy) is 1. The van der Waals surface area contributed by atoms with Gasteiger partial charge in [-0.25, -0.2) is 4.79 Å². The molecule has 0 saturated heterocycles. The number of nitrogens with zero attached hydrogens (tertiary/aromatic N) is 4. The van der Waals surface area contributed by atoms with Crippen LogP contribution < -0.4 is 5.32 Å². The number of ketones is 1. The molecule has 1 unspecified atom stereocenters. The van der Waals surface area contributed by atoms with Gasteiger partial charge in [-0.1, -0.05) is 60.7 Å². The van der Waals surface area contributed by atoms with E-state index in [2.05, 4.69) is 20.7 Å². The highest BCUT2D eigenvalue weighted by molar-refractivity contribution is 7.99. The van der Waals surface area contributed by atoms with Gasteiger partial charge in [0.2, 0.25) is 5.16 Å². The number of aromatic nitrogens is 4. The van der Waals surface area contributed by atoms with Gasteiger partial charge in [-0.3, -0.25) is 9.59 Å². The quantitative estimate of drug-likeness (QED) is 0.342. The predicted molar refractivity (Wildman–Crippen MR) is 127 cm³/mol. The molecule has 0 aliphatic heterocycles. The van der Waals surface area contributed by atoms with Crippen LogP contribution in [0.4, 0.5) is 4.79 Å². The van der Waals surface area contributed by atoms with Crippen LogP contribution in [0.3, 0.4) is 0 Å². The lowest BCUT2D eigenvalue weighted by atomic mass is 10.1. The molecule has 0 aliphatic rings. The molecule has 35 heavy (non-hydrogen) atoms. The molecular formula is C24H21N5O5S. The number of aliphatic carboxylic acids is 1. The minimum Gasteiger partial charge on any atom is -0.481 e. The Morgan fingerprint density at radius 2 is 1.74 bits per heavy atom. The number of carboxylic acid groups (broad SMARTS) is 1. The normalized spacial score (nSPS) is 11.7. The maximum Gasteiger partial charge on any atom is 0.408 e. The number of rotatable bonds is 10. The third kappa shape index (κ3) is 6.87. The first-order valence-corrected chi connectivity index (χ1v) is 11.4. The third-order valence-electron chi connectivity index (χ3n) is 4.93. The van der Waals surface area contributed by atoms with E-state index < -0.39 is 30.3 Å². The molecule has 0 aliphatic carbocycles. The average Bonchev–Trinajstić information content (AvgIpc) is 3.29. The van der Waals surface area contributed by atoms with Crippen LogP contribution in [-0.4, -0.2) is 49.2 Å². The summed E-state index contributed by atoms with van der Waals surface area (Å²) in [5, 5.41) is 26.0. The van der Waals surface area contributed by atoms with Crippen LogP contribution >= 0.6 is 11.8 Å². The van der Waals surface area contributed by atoms with Gasteiger partial charge >= 0.3 is 12.1 Å². The summed E-state index contributed by atoms with van der Waals surface area (Å²) in [5.74, 6) is -1.84. The topological polar surface area (TPSA) is 136 Å². The van der Waals surface area contributed by atoms with Gasteiger partial charge in [0.05, 0.1) is 6.42 Å². The van der Waals surface area contributed by atoms with Crippen LogP contribution in [0.2, 0.25) is 0 Å². The number of hydrogen-bond acceptors (Lipinski definition) is 8. The molecule has 2 N–H and O–H groups in total. The number of tetrazole rings is 1. The SMILES string of the molecule is O=C(O)CC(NC(=O)OCc1ccccc1)C(=O)Cn1nnc(Sc2ccc3ccccc3c2)n1. The summed E-state index contributed by atoms with van der Waals surface area (Å²) in [6.45, 7) is -0.372. The average molecular weight is 492 g/mol. The summed E-state index contributed by atoms with van der Waals surface area (Å²) in [5.41, 5.74) is 0.756. The molecule has 3 aromatic carbocycles. The number of benzene rings is 3. The number of hydrogen-bond donors (Lipinski definition) is 2. The van der Waals surface area contributed by atoms with Crippen LogP contribution in [0, 0.1) is 0 Å². The zero-order valence-electron chi connectivity index (χ0n) is 18.4. The molecule has 0 spiro atoms. The van der Waals surface area contributed by atoms with Crippen LogP contribution in [0.25, 0.3) is 10.8 Å². The van der Waals surface area contributed by atoms with Crippen molar-refractivity contribution in [3.63, 3.8) is 0 Å². The van der Waals surface area contributed by atoms with Gasteiger partial charge in [0, 0.05) is 4.90 Å². The molecule has 1 amide bonds. The maximum absolute atomic E-state index is 12.7. The number of Topliss-reactive ketones (excluding diaryl/α,β-unsaturated/α-hetero) is 1. The first-order chi connectivity index (χ1) is 17.0. The van der Waals surface area contributed by atoms with Gasteiger partial charge < -0.3 is 15.2 Å². The lowest BCUT2D eigenvalue weighted by Crippen LogP contribution is -2.44. The molecular weight excluding hydrogens is 470 g/mol. The molecule has 1 aromatic heterocycles. The number of carbonyl (C=O) groups excluding carboxylic acids is 2. The molecule has 10 nitrogen and oxygen atoms in total. The Morgan fingerprint density at radius 3 is 2.51 bits per heavy atom. The fourth-order valence-corrected chi connectivity index (χ4v) is 3.99. The van der Waals surface area contributed by atoms with Crippen molar-refractivity contribution < 1.29 is 24.2 Å². The van der Waals surface area contributed by atoms with Gasteiger partial charge in [0.15, 0.2) is 5.78 Å². The minimum absolute atomic E-state index is 0.0133. The Hall–Kier alpha value is -4.25. The van der Waals surface area contributed by atoms with E-state index in [-0.39, 0.29) is 13.2 Å². The highest BCUT2D eigenvalue weighted by atomic mass is 32.2. The van der Waals surface area contributed by atoms with Crippen LogP contribution in [0.15, 0.2) is 82.8 Å². The first-order valence-electron chi connectivity index (χ1n) is 10.6. The third-order valence-corrected chi connectivity index (χ3v) is 5.77. The number of alkyl carbamates (subject to hydrolysis) is 1. The van der Waals surface area contributed by atoms with Crippen LogP contribution in [0.5, 0.6) is 0 Å². The molecule has 178 valence electrons. The van der Waals surface area contributed by atoms with Crippen LogP contribution in [-0.2, 0) is 27.5 Å². The Kier molecular flexibility index (Phi) is 7.68. The Labute approximate surface area is 204 Å². The summed E-state index contributed by atoms with van der Waals surface area (Å²) >= 11 is 1.28. The monoisotopic (exact) mass is 491 g/mol. The van der Waals surface area contributed by atoms with E-state index in [1.54, 1.807) is 24.3 Å². The van der Waals surface area contributed by atoms with Crippen molar-refractivity contribution >= 4 is 40.4 Å². The smallest absolute Gasteiger partial charge is 0.408 e. The summed E-state index contributed by atoms with van der Waals surface area (Å²) in [4.78, 5) is 38.0. The van der Waals surface area contributed by atoms with Gasteiger partial charge in [0.25, 0.3) is 0 Å². The Bertz CT molecular complexity index is 1340. The summed E-state index contributed by atoms with van der Waals surface area (Å²) in [6, 6.07) is 21.5. The van der Waals surface area contributed by atoms with Crippen molar-refractivity contribution in [2.45, 2.75) is 35.7 Å². The van der Waals surface area contributed by atoms with E-state index in [9.17, 15) is 14.4 Å². The first kappa shape index (κ1) is 23.9. The number of nitrogens with one attached hydrogen (secondary N) is 1. The molecule has 0 bridgehead atoms. The zero-order valence-corrected chi connectivity index (χ0v) is 19.2. The van der Waals surface area contributed by atoms with Crippen molar-refractivity contribution in [1.82, 2.24) is 25.5 Å². The second-order valence-electron chi connectivity index (χ2n) is 7.54. The van der Waals surface area contributed by atoms with Crippen LogP contribution in [0.1, 0.15) is 12.0 Å². The minimum atomic E-state index is -1.31. The molecule has 0 radical (unpaired) electrons. The van der Waals surface area contributed by atoms with E-state index in [1.165, 1.54) is 11.8 Å². The lowest BCUT2D eigenvalue weighted by Gasteiger charge is -2.15. The molecule has 0 saturated carbocycles. The fraction of sp³-hybridized carbons (Fsp3) is 0.167. The van der Waals surface area contributed by atoms with E-state index in [0.717, 1.165) is 26.0 Å². The second kappa shape index (κ2) is 11.3. The van der Waals surface area contributed by atoms with E-state index in [1.807, 2.05) is 48.5 Å². The van der Waals surface area contributed by atoms with E-state index >= 15 is 0 Å². The van der Waals surface area contributed by atoms with Crippen molar-refractivity contribution in [1.29, 1.82) is 0 Å². The predicted octanol–water partition coefficient (Wildman–Crippen LogP) is 3.32. The standard InChI is InChI=1S/C24H21N5O5S/c30-21(20(13-22(31)32)25-24(33)34-15-16-6-2-1-3-7-16)14-29-27-23(26-28-29)35-19-11-10-17-8-4-5-9-18(17)12-19/h1-12,20H,13-15H2,(H,25,33)(H,31,32). The van der Waals surface area contributed by atoms with Gasteiger partial charge in [0.1, 0.15) is 19.2 Å². The molecule has 11 heteroatoms. The summed E-state index contributed by atoms with van der Waals surface area (Å²) in [7, 11) is 0. The zero-order chi connectivity index (χ0) is 24.6. The summed E-state index contributed by atoms with van der Waals surface area (Å²) in [6.07, 6.45) is -1.50. The highest BCUT2D eigenvalue weighted by Crippen LogP contribution is 2.27. The van der Waals surface area contributed by atoms with E-state index in [0.29, 0.717) is 5.16 Å². The number of amides is 1. The Morgan fingerprint density at radius 1 is 1.00 bits per heavy atom. The highest BCUT2D eigenvalue weighted by Gasteiger charge is 2.25. The molecule has 4 aromatic rings. The van der Waals surface area contributed by atoms with Crippen molar-refractivity contribution in [2.24, 2.45) is 0 Å². The van der Waals surface area contributed by atoms with Crippen molar-refractivity contribution in [3.8, 4) is 0 Å². The number of carbonyl (C=O) groups is 3. The molecule has 0 fully saturated rings. The fourth-order valence-electron chi connectivity index (χ4n) is 3.25. The molecule has 4 rings (SSSR count). The van der Waals surface area contributed by atoms with Gasteiger partial charge in [-0.2, -0.15) is 4.80 Å².